The summed E-state index contributed by atoms with van der Waals surface area (Å²) >= 11 is 0. The van der Waals surface area contributed by atoms with Gasteiger partial charge in [0.1, 0.15) is 6.04 Å². The van der Waals surface area contributed by atoms with E-state index in [1.807, 2.05) is 13.8 Å². The fourth-order valence-electron chi connectivity index (χ4n) is 1.54. The van der Waals surface area contributed by atoms with Crippen molar-refractivity contribution < 1.29 is 14.3 Å². The first-order valence-electron chi connectivity index (χ1n) is 4.59. The topological polar surface area (TPSA) is 47.6 Å². The number of esters is 1. The van der Waals surface area contributed by atoms with Gasteiger partial charge in [0, 0.05) is 6.54 Å². The Balaban J connectivity index is 2.61. The molecule has 2 atom stereocenters. The Bertz CT molecular complexity index is 182. The minimum atomic E-state index is -0.307. The predicted molar refractivity (Wildman–Crippen MR) is 48.4 cm³/mol. The van der Waals surface area contributed by atoms with Crippen LogP contribution in [0.4, 0.5) is 0 Å². The van der Waals surface area contributed by atoms with Gasteiger partial charge in [0.05, 0.1) is 19.8 Å². The van der Waals surface area contributed by atoms with E-state index in [1.54, 1.807) is 0 Å². The molecule has 0 aliphatic carbocycles. The summed E-state index contributed by atoms with van der Waals surface area (Å²) in [6, 6.07) is -0.307. The van der Waals surface area contributed by atoms with Crippen molar-refractivity contribution in [3.05, 3.63) is 0 Å². The Hall–Kier alpha value is -0.610. The van der Waals surface area contributed by atoms with Crippen LogP contribution in [-0.2, 0) is 14.3 Å². The zero-order chi connectivity index (χ0) is 9.84. The number of hydrogen-bond acceptors (Lipinski definition) is 4. The number of carbonyl (C=O) groups is 1. The molecule has 0 aromatic rings. The molecular weight excluding hydrogens is 170 g/mol. The van der Waals surface area contributed by atoms with Gasteiger partial charge in [0.25, 0.3) is 0 Å². The van der Waals surface area contributed by atoms with E-state index < -0.39 is 0 Å². The van der Waals surface area contributed by atoms with Gasteiger partial charge in [0.2, 0.25) is 0 Å². The molecule has 1 aliphatic heterocycles. The summed E-state index contributed by atoms with van der Waals surface area (Å²) in [7, 11) is 1.40. The molecule has 1 aliphatic rings. The first kappa shape index (κ1) is 10.5. The van der Waals surface area contributed by atoms with Crippen LogP contribution in [0, 0.1) is 5.92 Å². The van der Waals surface area contributed by atoms with Crippen LogP contribution in [0.3, 0.4) is 0 Å². The molecule has 4 nitrogen and oxygen atoms in total. The van der Waals surface area contributed by atoms with Gasteiger partial charge in [-0.15, -0.1) is 0 Å². The number of carbonyl (C=O) groups excluding carboxylic acids is 1. The maximum atomic E-state index is 11.3. The van der Waals surface area contributed by atoms with E-state index in [1.165, 1.54) is 7.11 Å². The molecule has 1 rings (SSSR count). The molecule has 1 fully saturated rings. The monoisotopic (exact) mass is 187 g/mol. The average molecular weight is 187 g/mol. The van der Waals surface area contributed by atoms with Crippen LogP contribution in [0.5, 0.6) is 0 Å². The minimum absolute atomic E-state index is 0.0683. The van der Waals surface area contributed by atoms with Crippen molar-refractivity contribution in [3.8, 4) is 0 Å². The van der Waals surface area contributed by atoms with E-state index in [2.05, 4.69) is 10.1 Å². The standard InChI is InChI=1S/C9H17NO3/c1-6(2)8-7(9(11)12-3)10-4-5-13-8/h6-8,10H,4-5H2,1-3H3. The lowest BCUT2D eigenvalue weighted by Crippen LogP contribution is -2.55. The molecule has 1 saturated heterocycles. The summed E-state index contributed by atoms with van der Waals surface area (Å²) < 4.78 is 10.2. The van der Waals surface area contributed by atoms with E-state index in [0.29, 0.717) is 19.1 Å². The van der Waals surface area contributed by atoms with Crippen LogP contribution >= 0.6 is 0 Å². The zero-order valence-electron chi connectivity index (χ0n) is 8.37. The molecule has 0 saturated carbocycles. The molecule has 0 aromatic heterocycles. The third kappa shape index (κ3) is 2.42. The molecule has 0 radical (unpaired) electrons. The van der Waals surface area contributed by atoms with Gasteiger partial charge in [-0.3, -0.25) is 10.1 Å². The van der Waals surface area contributed by atoms with Crippen LogP contribution < -0.4 is 5.32 Å². The summed E-state index contributed by atoms with van der Waals surface area (Å²) in [6.45, 7) is 5.44. The molecule has 76 valence electrons. The van der Waals surface area contributed by atoms with Crippen LogP contribution in [0.1, 0.15) is 13.8 Å². The predicted octanol–water partition coefficient (Wildman–Crippen LogP) is 0.172. The van der Waals surface area contributed by atoms with E-state index in [9.17, 15) is 4.79 Å². The van der Waals surface area contributed by atoms with Crippen molar-refractivity contribution in [2.45, 2.75) is 26.0 Å². The minimum Gasteiger partial charge on any atom is -0.468 e. The van der Waals surface area contributed by atoms with E-state index in [-0.39, 0.29) is 18.1 Å². The third-order valence-corrected chi connectivity index (χ3v) is 2.22. The molecule has 0 spiro atoms. The van der Waals surface area contributed by atoms with Crippen molar-refractivity contribution in [3.63, 3.8) is 0 Å². The number of methoxy groups -OCH3 is 1. The lowest BCUT2D eigenvalue weighted by Gasteiger charge is -2.33. The van der Waals surface area contributed by atoms with E-state index in [4.69, 9.17) is 4.74 Å². The summed E-state index contributed by atoms with van der Waals surface area (Å²) in [4.78, 5) is 11.3. The Morgan fingerprint density at radius 1 is 1.62 bits per heavy atom. The molecule has 13 heavy (non-hydrogen) atoms. The highest BCUT2D eigenvalue weighted by atomic mass is 16.5. The number of nitrogens with one attached hydrogen (secondary N) is 1. The molecule has 1 N–H and O–H groups in total. The van der Waals surface area contributed by atoms with Gasteiger partial charge in [-0.2, -0.15) is 0 Å². The molecule has 1 heterocycles. The lowest BCUT2D eigenvalue weighted by atomic mass is 9.98. The molecule has 2 unspecified atom stereocenters. The second-order valence-corrected chi connectivity index (χ2v) is 3.53. The van der Waals surface area contributed by atoms with Gasteiger partial charge < -0.3 is 9.47 Å². The van der Waals surface area contributed by atoms with Crippen LogP contribution in [-0.4, -0.2) is 38.4 Å². The Labute approximate surface area is 78.6 Å². The van der Waals surface area contributed by atoms with Crippen molar-refractivity contribution in [2.24, 2.45) is 5.92 Å². The highest BCUT2D eigenvalue weighted by Crippen LogP contribution is 2.15. The molecule has 4 heteroatoms. The number of ether oxygens (including phenoxy) is 2. The smallest absolute Gasteiger partial charge is 0.325 e. The Kier molecular flexibility index (Phi) is 3.69. The van der Waals surface area contributed by atoms with Crippen molar-refractivity contribution in [1.82, 2.24) is 5.32 Å². The maximum Gasteiger partial charge on any atom is 0.325 e. The quantitative estimate of drug-likeness (QED) is 0.626. The fourth-order valence-corrected chi connectivity index (χ4v) is 1.54. The zero-order valence-corrected chi connectivity index (χ0v) is 8.37. The van der Waals surface area contributed by atoms with Gasteiger partial charge in [-0.25, -0.2) is 0 Å². The van der Waals surface area contributed by atoms with Gasteiger partial charge >= 0.3 is 5.97 Å². The molecule has 0 bridgehead atoms. The van der Waals surface area contributed by atoms with Gasteiger partial charge in [0.15, 0.2) is 0 Å². The highest BCUT2D eigenvalue weighted by molar-refractivity contribution is 5.76. The Morgan fingerprint density at radius 2 is 2.31 bits per heavy atom. The second kappa shape index (κ2) is 4.58. The second-order valence-electron chi connectivity index (χ2n) is 3.53. The highest BCUT2D eigenvalue weighted by Gasteiger charge is 2.34. The number of rotatable bonds is 2. The third-order valence-electron chi connectivity index (χ3n) is 2.22. The first-order valence-corrected chi connectivity index (χ1v) is 4.59. The largest absolute Gasteiger partial charge is 0.468 e. The van der Waals surface area contributed by atoms with Gasteiger partial charge in [-0.1, -0.05) is 13.8 Å². The average Bonchev–Trinajstić information content (AvgIpc) is 2.16. The number of hydrogen-bond donors (Lipinski definition) is 1. The Morgan fingerprint density at radius 3 is 2.85 bits per heavy atom. The van der Waals surface area contributed by atoms with Crippen LogP contribution in [0.2, 0.25) is 0 Å². The molecular formula is C9H17NO3. The summed E-state index contributed by atoms with van der Waals surface area (Å²) in [6.07, 6.45) is -0.0683. The van der Waals surface area contributed by atoms with Crippen molar-refractivity contribution in [1.29, 1.82) is 0 Å². The molecule has 0 amide bonds. The maximum absolute atomic E-state index is 11.3. The van der Waals surface area contributed by atoms with E-state index >= 15 is 0 Å². The lowest BCUT2D eigenvalue weighted by molar-refractivity contribution is -0.151. The summed E-state index contributed by atoms with van der Waals surface area (Å²) in [5.41, 5.74) is 0. The number of morpholine rings is 1. The van der Waals surface area contributed by atoms with Crippen molar-refractivity contribution >= 4 is 5.97 Å². The summed E-state index contributed by atoms with van der Waals surface area (Å²) in [5.74, 6) is 0.0790. The normalized spacial score (nSPS) is 28.9. The molecule has 0 aromatic carbocycles. The first-order chi connectivity index (χ1) is 6.16. The van der Waals surface area contributed by atoms with Crippen molar-refractivity contribution in [2.75, 3.05) is 20.3 Å². The van der Waals surface area contributed by atoms with Crippen LogP contribution in [0.25, 0.3) is 0 Å². The summed E-state index contributed by atoms with van der Waals surface area (Å²) in [5, 5.41) is 3.10. The van der Waals surface area contributed by atoms with Crippen LogP contribution in [0.15, 0.2) is 0 Å². The fraction of sp³-hybridized carbons (Fsp3) is 0.889. The van der Waals surface area contributed by atoms with E-state index in [0.717, 1.165) is 0 Å². The SMILES string of the molecule is COC(=O)C1NCCOC1C(C)C. The van der Waals surface area contributed by atoms with Gasteiger partial charge in [-0.05, 0) is 5.92 Å².